The Labute approximate surface area is 222 Å². The summed E-state index contributed by atoms with van der Waals surface area (Å²) in [6.07, 6.45) is 3.50. The van der Waals surface area contributed by atoms with Crippen molar-refractivity contribution < 1.29 is 19.0 Å². The first-order chi connectivity index (χ1) is 18.6. The van der Waals surface area contributed by atoms with Crippen LogP contribution in [0.15, 0.2) is 66.9 Å². The third-order valence-corrected chi connectivity index (χ3v) is 7.13. The number of para-hydroxylation sites is 1. The Bertz CT molecular complexity index is 1300. The van der Waals surface area contributed by atoms with Crippen LogP contribution in [0.5, 0.6) is 11.6 Å². The van der Waals surface area contributed by atoms with E-state index in [0.29, 0.717) is 36.1 Å². The summed E-state index contributed by atoms with van der Waals surface area (Å²) in [4.78, 5) is 21.6. The standard InChI is InChI=1S/C30H31FN4O3/c31-15-19-38-29-13-12-25(20-32-29)33-30(37)35-17-3-16-34-18-14-26(27(34)21-35)23-9-6-22(7-10-23)8-11-24-4-1-2-5-28(24)36/h1-2,4-7,9-10,12-13,20,26-27,36H,3,14-19,21H2,(H,33,37)/t26-,27+/m1/s1. The quantitative estimate of drug-likeness (QED) is 0.486. The topological polar surface area (TPSA) is 77.9 Å². The summed E-state index contributed by atoms with van der Waals surface area (Å²) in [6, 6.07) is 18.8. The molecule has 1 aromatic heterocycles. The van der Waals surface area contributed by atoms with Gasteiger partial charge in [-0.15, -0.1) is 0 Å². The van der Waals surface area contributed by atoms with Gasteiger partial charge in [0, 0.05) is 43.2 Å². The third-order valence-electron chi connectivity index (χ3n) is 7.13. The van der Waals surface area contributed by atoms with E-state index in [-0.39, 0.29) is 24.4 Å². The van der Waals surface area contributed by atoms with Crippen molar-refractivity contribution in [2.45, 2.75) is 24.8 Å². The number of pyridine rings is 1. The Balaban J connectivity index is 1.24. The van der Waals surface area contributed by atoms with Gasteiger partial charge in [-0.05, 0) is 55.3 Å². The van der Waals surface area contributed by atoms with Crippen molar-refractivity contribution >= 4 is 11.7 Å². The highest BCUT2D eigenvalue weighted by Crippen LogP contribution is 2.35. The number of nitrogens with one attached hydrogen (secondary N) is 1. The van der Waals surface area contributed by atoms with Crippen LogP contribution in [0.2, 0.25) is 0 Å². The molecule has 0 aliphatic carbocycles. The number of fused-ring (bicyclic) bond motifs is 1. The number of carbonyl (C=O) groups is 1. The van der Waals surface area contributed by atoms with Gasteiger partial charge in [0.05, 0.1) is 17.4 Å². The lowest BCUT2D eigenvalue weighted by molar-refractivity contribution is 0.197. The molecular formula is C30H31FN4O3. The molecule has 5 rings (SSSR count). The molecule has 0 saturated carbocycles. The molecule has 0 spiro atoms. The number of benzene rings is 2. The zero-order valence-corrected chi connectivity index (χ0v) is 21.1. The van der Waals surface area contributed by atoms with Crippen molar-refractivity contribution in [3.63, 3.8) is 0 Å². The van der Waals surface area contributed by atoms with Crippen LogP contribution in [0.3, 0.4) is 0 Å². The molecule has 2 aliphatic heterocycles. The highest BCUT2D eigenvalue weighted by molar-refractivity contribution is 5.89. The SMILES string of the molecule is O=C(Nc1ccc(OCCF)nc1)N1CCCN2CC[C@H](c3ccc(C#Cc4ccccc4O)cc3)[C@@H]2C1. The number of aromatic hydroxyl groups is 1. The van der Waals surface area contributed by atoms with Gasteiger partial charge in [0.15, 0.2) is 0 Å². The van der Waals surface area contributed by atoms with E-state index in [2.05, 4.69) is 39.2 Å². The van der Waals surface area contributed by atoms with E-state index in [1.54, 1.807) is 30.3 Å². The predicted molar refractivity (Wildman–Crippen MR) is 144 cm³/mol. The van der Waals surface area contributed by atoms with Crippen LogP contribution in [0.25, 0.3) is 0 Å². The molecular weight excluding hydrogens is 483 g/mol. The van der Waals surface area contributed by atoms with E-state index in [1.807, 2.05) is 23.1 Å². The van der Waals surface area contributed by atoms with Gasteiger partial charge in [0.25, 0.3) is 0 Å². The minimum absolute atomic E-state index is 0.0418. The number of ether oxygens (including phenoxy) is 1. The Morgan fingerprint density at radius 3 is 2.68 bits per heavy atom. The van der Waals surface area contributed by atoms with Gasteiger partial charge in [-0.2, -0.15) is 0 Å². The summed E-state index contributed by atoms with van der Waals surface area (Å²) in [5.41, 5.74) is 3.33. The highest BCUT2D eigenvalue weighted by atomic mass is 19.1. The molecule has 7 nitrogen and oxygen atoms in total. The number of anilines is 1. The number of urea groups is 1. The van der Waals surface area contributed by atoms with Crippen molar-refractivity contribution in [3.05, 3.63) is 83.6 Å². The van der Waals surface area contributed by atoms with Crippen LogP contribution < -0.4 is 10.1 Å². The van der Waals surface area contributed by atoms with Crippen molar-refractivity contribution in [3.8, 4) is 23.5 Å². The fourth-order valence-corrected chi connectivity index (χ4v) is 5.21. The van der Waals surface area contributed by atoms with Gasteiger partial charge in [-0.25, -0.2) is 14.2 Å². The lowest BCUT2D eigenvalue weighted by Crippen LogP contribution is -2.43. The average molecular weight is 515 g/mol. The second-order valence-electron chi connectivity index (χ2n) is 9.54. The number of phenols is 1. The minimum Gasteiger partial charge on any atom is -0.507 e. The van der Waals surface area contributed by atoms with Gasteiger partial charge in [-0.3, -0.25) is 4.90 Å². The first-order valence-electron chi connectivity index (χ1n) is 13.0. The number of nitrogens with zero attached hydrogens (tertiary/aromatic N) is 3. The summed E-state index contributed by atoms with van der Waals surface area (Å²) in [5.74, 6) is 7.01. The lowest BCUT2D eigenvalue weighted by atomic mass is 9.91. The molecule has 3 aromatic rings. The third kappa shape index (κ3) is 6.06. The molecule has 2 N–H and O–H groups in total. The number of aromatic nitrogens is 1. The van der Waals surface area contributed by atoms with Crippen LogP contribution in [-0.2, 0) is 0 Å². The predicted octanol–water partition coefficient (Wildman–Crippen LogP) is 4.63. The number of carbonyl (C=O) groups excluding carboxylic acids is 1. The van der Waals surface area contributed by atoms with Gasteiger partial charge < -0.3 is 20.1 Å². The van der Waals surface area contributed by atoms with Gasteiger partial charge >= 0.3 is 6.03 Å². The van der Waals surface area contributed by atoms with E-state index < -0.39 is 6.67 Å². The maximum Gasteiger partial charge on any atom is 0.321 e. The van der Waals surface area contributed by atoms with Crippen LogP contribution in [0.1, 0.15) is 35.4 Å². The first kappa shape index (κ1) is 25.6. The maximum atomic E-state index is 13.1. The zero-order chi connectivity index (χ0) is 26.3. The molecule has 2 aliphatic rings. The van der Waals surface area contributed by atoms with Crippen molar-refractivity contribution in [1.82, 2.24) is 14.8 Å². The summed E-state index contributed by atoms with van der Waals surface area (Å²) in [5, 5.41) is 12.9. The minimum atomic E-state index is -0.577. The van der Waals surface area contributed by atoms with E-state index in [0.717, 1.165) is 31.5 Å². The number of halogens is 1. The molecule has 196 valence electrons. The van der Waals surface area contributed by atoms with Gasteiger partial charge in [0.1, 0.15) is 19.0 Å². The number of hydrogen-bond donors (Lipinski definition) is 2. The summed E-state index contributed by atoms with van der Waals surface area (Å²) in [6.45, 7) is 2.71. The maximum absolute atomic E-state index is 13.1. The van der Waals surface area contributed by atoms with Crippen LogP contribution >= 0.6 is 0 Å². The monoisotopic (exact) mass is 514 g/mol. The summed E-state index contributed by atoms with van der Waals surface area (Å²) < 4.78 is 17.4. The van der Waals surface area contributed by atoms with Gasteiger partial charge in [0.2, 0.25) is 5.88 Å². The van der Waals surface area contributed by atoms with E-state index in [4.69, 9.17) is 4.74 Å². The molecule has 2 atom stereocenters. The molecule has 2 amide bonds. The summed E-state index contributed by atoms with van der Waals surface area (Å²) >= 11 is 0. The molecule has 2 aromatic carbocycles. The first-order valence-corrected chi connectivity index (χ1v) is 13.0. The Morgan fingerprint density at radius 2 is 1.92 bits per heavy atom. The van der Waals surface area contributed by atoms with Crippen molar-refractivity contribution in [2.24, 2.45) is 0 Å². The largest absolute Gasteiger partial charge is 0.507 e. The van der Waals surface area contributed by atoms with E-state index >= 15 is 0 Å². The molecule has 38 heavy (non-hydrogen) atoms. The highest BCUT2D eigenvalue weighted by Gasteiger charge is 2.38. The number of alkyl halides is 1. The van der Waals surface area contributed by atoms with Crippen LogP contribution in [0.4, 0.5) is 14.9 Å². The van der Waals surface area contributed by atoms with E-state index in [9.17, 15) is 14.3 Å². The van der Waals surface area contributed by atoms with Crippen molar-refractivity contribution in [1.29, 1.82) is 0 Å². The molecule has 8 heteroatoms. The zero-order valence-electron chi connectivity index (χ0n) is 21.1. The molecule has 0 bridgehead atoms. The number of phenolic OH excluding ortho intramolecular Hbond substituents is 1. The second-order valence-corrected chi connectivity index (χ2v) is 9.54. The fourth-order valence-electron chi connectivity index (χ4n) is 5.21. The lowest BCUT2D eigenvalue weighted by Gasteiger charge is -2.30. The molecule has 3 heterocycles. The van der Waals surface area contributed by atoms with Crippen LogP contribution in [0, 0.1) is 11.8 Å². The molecule has 2 saturated heterocycles. The molecule has 0 radical (unpaired) electrons. The molecule has 2 fully saturated rings. The van der Waals surface area contributed by atoms with E-state index in [1.165, 1.54) is 11.8 Å². The smallest absolute Gasteiger partial charge is 0.321 e. The fraction of sp³-hybridized carbons (Fsp3) is 0.333. The normalized spacial score (nSPS) is 19.1. The van der Waals surface area contributed by atoms with Crippen molar-refractivity contribution in [2.75, 3.05) is 44.8 Å². The number of rotatable bonds is 5. The van der Waals surface area contributed by atoms with Crippen LogP contribution in [-0.4, -0.2) is 71.4 Å². The number of amides is 2. The second kappa shape index (κ2) is 12.0. The Morgan fingerprint density at radius 1 is 1.08 bits per heavy atom. The molecule has 0 unspecified atom stereocenters. The van der Waals surface area contributed by atoms with Gasteiger partial charge in [-0.1, -0.05) is 36.1 Å². The Kier molecular flexibility index (Phi) is 8.05. The summed E-state index contributed by atoms with van der Waals surface area (Å²) in [7, 11) is 0. The average Bonchev–Trinajstić information content (AvgIpc) is 3.21. The Hall–Kier alpha value is -4.09. The number of hydrogen-bond acceptors (Lipinski definition) is 5.